The van der Waals surface area contributed by atoms with Crippen LogP contribution >= 0.6 is 11.3 Å². The van der Waals surface area contributed by atoms with Gasteiger partial charge in [-0.15, -0.1) is 11.3 Å². The fourth-order valence-corrected chi connectivity index (χ4v) is 5.37. The molecule has 1 aliphatic carbocycles. The van der Waals surface area contributed by atoms with Crippen molar-refractivity contribution in [1.29, 1.82) is 0 Å². The van der Waals surface area contributed by atoms with Crippen molar-refractivity contribution < 1.29 is 14.3 Å². The van der Waals surface area contributed by atoms with Crippen molar-refractivity contribution in [2.24, 2.45) is 0 Å². The Morgan fingerprint density at radius 1 is 1.09 bits per heavy atom. The molecule has 1 amide bonds. The number of benzene rings is 2. The molecule has 0 saturated heterocycles. The molecule has 3 aromatic rings. The van der Waals surface area contributed by atoms with E-state index >= 15 is 0 Å². The topological polar surface area (TPSA) is 63.7 Å². The number of ether oxygens (including phenoxy) is 2. The lowest BCUT2D eigenvalue weighted by molar-refractivity contribution is -0.115. The highest BCUT2D eigenvalue weighted by Gasteiger charge is 2.19. The number of anilines is 1. The maximum atomic E-state index is 12.9. The Balaban J connectivity index is 1.40. The van der Waals surface area contributed by atoms with E-state index in [0.717, 1.165) is 34.1 Å². The van der Waals surface area contributed by atoms with Crippen molar-refractivity contribution in [3.05, 3.63) is 59.1 Å². The predicted molar refractivity (Wildman–Crippen MR) is 138 cm³/mol. The minimum absolute atomic E-state index is 0.0584. The molecule has 0 unspecified atom stereocenters. The molecule has 7 heteroatoms. The van der Waals surface area contributed by atoms with Gasteiger partial charge in [0.2, 0.25) is 5.91 Å². The fraction of sp³-hybridized carbons (Fsp3) is 0.407. The van der Waals surface area contributed by atoms with Crippen LogP contribution in [0.15, 0.2) is 47.8 Å². The van der Waals surface area contributed by atoms with Gasteiger partial charge >= 0.3 is 0 Å². The van der Waals surface area contributed by atoms with E-state index in [9.17, 15) is 4.79 Å². The van der Waals surface area contributed by atoms with Gasteiger partial charge in [0, 0.05) is 29.2 Å². The summed E-state index contributed by atoms with van der Waals surface area (Å²) in [5.41, 5.74) is 3.72. The molecule has 1 aromatic heterocycles. The van der Waals surface area contributed by atoms with Crippen LogP contribution in [-0.4, -0.2) is 43.1 Å². The molecule has 0 radical (unpaired) electrons. The Morgan fingerprint density at radius 2 is 1.85 bits per heavy atom. The average molecular weight is 480 g/mol. The molecular formula is C27H33N3O3S. The highest BCUT2D eigenvalue weighted by Crippen LogP contribution is 2.33. The summed E-state index contributed by atoms with van der Waals surface area (Å²) in [5.74, 6) is 1.27. The third-order valence-corrected chi connectivity index (χ3v) is 7.37. The van der Waals surface area contributed by atoms with E-state index < -0.39 is 0 Å². The highest BCUT2D eigenvalue weighted by molar-refractivity contribution is 7.13. The van der Waals surface area contributed by atoms with E-state index in [0.29, 0.717) is 17.5 Å². The normalized spacial score (nSPS) is 14.2. The number of hydrogen-bond donors (Lipinski definition) is 1. The molecule has 0 aliphatic heterocycles. The van der Waals surface area contributed by atoms with Gasteiger partial charge in [0.25, 0.3) is 0 Å². The van der Waals surface area contributed by atoms with Gasteiger partial charge in [-0.05, 0) is 49.7 Å². The van der Waals surface area contributed by atoms with Crippen molar-refractivity contribution >= 4 is 22.9 Å². The zero-order valence-corrected chi connectivity index (χ0v) is 21.0. The molecule has 2 aromatic carbocycles. The molecule has 1 heterocycles. The van der Waals surface area contributed by atoms with Crippen molar-refractivity contribution in [1.82, 2.24) is 9.88 Å². The minimum atomic E-state index is -0.0584. The summed E-state index contributed by atoms with van der Waals surface area (Å²) in [5, 5.41) is 5.90. The van der Waals surface area contributed by atoms with E-state index in [2.05, 4.69) is 28.3 Å². The van der Waals surface area contributed by atoms with Gasteiger partial charge < -0.3 is 14.8 Å². The third-order valence-electron chi connectivity index (χ3n) is 6.43. The molecule has 4 rings (SSSR count). The van der Waals surface area contributed by atoms with E-state index in [4.69, 9.17) is 9.47 Å². The molecule has 1 aliphatic rings. The number of nitrogens with one attached hydrogen (secondary N) is 1. The van der Waals surface area contributed by atoms with E-state index in [1.807, 2.05) is 41.8 Å². The largest absolute Gasteiger partial charge is 0.493 e. The van der Waals surface area contributed by atoms with Gasteiger partial charge in [-0.2, -0.15) is 0 Å². The summed E-state index contributed by atoms with van der Waals surface area (Å²) in [6.45, 7) is 0.835. The first-order valence-electron chi connectivity index (χ1n) is 11.8. The molecule has 1 saturated carbocycles. The zero-order valence-electron chi connectivity index (χ0n) is 20.2. The number of rotatable bonds is 9. The Bertz CT molecular complexity index is 1110. The molecule has 0 atom stereocenters. The first-order chi connectivity index (χ1) is 16.6. The average Bonchev–Trinajstić information content (AvgIpc) is 3.33. The standard InChI is InChI=1S/C27H33N3O3S/c1-30(22-10-5-4-6-11-22)17-20-9-7-8-12-23(20)29-26(31)16-21-18-34-27(28-21)19-13-14-24(32-2)25(15-19)33-3/h7-9,12-15,18,22H,4-6,10-11,16-17H2,1-3H3,(H,29,31). The number of nitrogens with zero attached hydrogens (tertiary/aromatic N) is 2. The number of aromatic nitrogens is 1. The predicted octanol–water partition coefficient (Wildman–Crippen LogP) is 5.77. The number of carbonyl (C=O) groups is 1. The molecule has 0 bridgehead atoms. The van der Waals surface area contributed by atoms with Crippen molar-refractivity contribution in [2.75, 3.05) is 26.6 Å². The Labute approximate surface area is 205 Å². The second-order valence-corrected chi connectivity index (χ2v) is 9.66. The van der Waals surface area contributed by atoms with Crippen LogP contribution in [0.1, 0.15) is 43.4 Å². The number of para-hydroxylation sites is 1. The number of amides is 1. The van der Waals surface area contributed by atoms with Crippen LogP contribution in [0.25, 0.3) is 10.6 Å². The monoisotopic (exact) mass is 479 g/mol. The molecule has 180 valence electrons. The minimum Gasteiger partial charge on any atom is -0.493 e. The van der Waals surface area contributed by atoms with Crippen LogP contribution < -0.4 is 14.8 Å². The van der Waals surface area contributed by atoms with Gasteiger partial charge in [0.05, 0.1) is 26.3 Å². The quantitative estimate of drug-likeness (QED) is 0.422. The van der Waals surface area contributed by atoms with Crippen LogP contribution in [0, 0.1) is 0 Å². The van der Waals surface area contributed by atoms with Gasteiger partial charge in [-0.3, -0.25) is 9.69 Å². The van der Waals surface area contributed by atoms with E-state index in [1.54, 1.807) is 14.2 Å². The Morgan fingerprint density at radius 3 is 2.62 bits per heavy atom. The lowest BCUT2D eigenvalue weighted by atomic mass is 9.94. The third kappa shape index (κ3) is 5.96. The van der Waals surface area contributed by atoms with Crippen molar-refractivity contribution in [3.8, 4) is 22.1 Å². The fourth-order valence-electron chi connectivity index (χ4n) is 4.55. The van der Waals surface area contributed by atoms with Crippen LogP contribution in [0.5, 0.6) is 11.5 Å². The lowest BCUT2D eigenvalue weighted by Gasteiger charge is -2.31. The molecule has 0 spiro atoms. The number of thiazole rings is 1. The Hall–Kier alpha value is -2.90. The summed E-state index contributed by atoms with van der Waals surface area (Å²) in [7, 11) is 5.42. The van der Waals surface area contributed by atoms with Gasteiger partial charge in [-0.25, -0.2) is 4.98 Å². The van der Waals surface area contributed by atoms with Crippen molar-refractivity contribution in [2.45, 2.75) is 51.1 Å². The van der Waals surface area contributed by atoms with Crippen molar-refractivity contribution in [3.63, 3.8) is 0 Å². The van der Waals surface area contributed by atoms with E-state index in [-0.39, 0.29) is 12.3 Å². The second kappa shape index (κ2) is 11.5. The SMILES string of the molecule is COc1ccc(-c2nc(CC(=O)Nc3ccccc3CN(C)C3CCCCC3)cs2)cc1OC. The summed E-state index contributed by atoms with van der Waals surface area (Å²) < 4.78 is 10.7. The molecule has 1 N–H and O–H groups in total. The Kier molecular flexibility index (Phi) is 8.19. The first-order valence-corrected chi connectivity index (χ1v) is 12.7. The van der Waals surface area contributed by atoms with Gasteiger partial charge in [-0.1, -0.05) is 37.5 Å². The molecular weight excluding hydrogens is 446 g/mol. The maximum Gasteiger partial charge on any atom is 0.230 e. The molecule has 6 nitrogen and oxygen atoms in total. The maximum absolute atomic E-state index is 12.9. The van der Waals surface area contributed by atoms with Crippen LogP contribution in [0.2, 0.25) is 0 Å². The molecule has 34 heavy (non-hydrogen) atoms. The number of methoxy groups -OCH3 is 2. The summed E-state index contributed by atoms with van der Waals surface area (Å²) in [6, 6.07) is 14.4. The van der Waals surface area contributed by atoms with Gasteiger partial charge in [0.1, 0.15) is 5.01 Å². The lowest BCUT2D eigenvalue weighted by Crippen LogP contribution is -2.33. The second-order valence-electron chi connectivity index (χ2n) is 8.80. The summed E-state index contributed by atoms with van der Waals surface area (Å²) in [4.78, 5) is 20.0. The van der Waals surface area contributed by atoms with Crippen LogP contribution in [-0.2, 0) is 17.8 Å². The first kappa shape index (κ1) is 24.2. The number of hydrogen-bond acceptors (Lipinski definition) is 6. The summed E-state index contributed by atoms with van der Waals surface area (Å²) in [6.07, 6.45) is 6.73. The van der Waals surface area contributed by atoms with Gasteiger partial charge in [0.15, 0.2) is 11.5 Å². The van der Waals surface area contributed by atoms with Crippen LogP contribution in [0.3, 0.4) is 0 Å². The summed E-state index contributed by atoms with van der Waals surface area (Å²) >= 11 is 1.52. The smallest absolute Gasteiger partial charge is 0.230 e. The number of carbonyl (C=O) groups excluding carboxylic acids is 1. The van der Waals surface area contributed by atoms with Crippen LogP contribution in [0.4, 0.5) is 5.69 Å². The molecule has 1 fully saturated rings. The van der Waals surface area contributed by atoms with E-state index in [1.165, 1.54) is 43.4 Å². The highest BCUT2D eigenvalue weighted by atomic mass is 32.1. The zero-order chi connectivity index (χ0) is 23.9.